The van der Waals surface area contributed by atoms with E-state index in [2.05, 4.69) is 42.2 Å². The Balaban J connectivity index is 2.16. The molecule has 1 N–H and O–H groups in total. The molecule has 0 spiro atoms. The lowest BCUT2D eigenvalue weighted by molar-refractivity contribution is 0.148. The molecule has 0 bridgehead atoms. The topological polar surface area (TPSA) is 53.9 Å². The number of nitrogens with zero attached hydrogens (tertiary/aromatic N) is 2. The van der Waals surface area contributed by atoms with E-state index < -0.39 is 6.09 Å². The maximum Gasteiger partial charge on any atom is 0.416 e. The van der Waals surface area contributed by atoms with Gasteiger partial charge in [-0.1, -0.05) is 15.9 Å². The van der Waals surface area contributed by atoms with Crippen molar-refractivity contribution in [3.05, 3.63) is 27.1 Å². The van der Waals surface area contributed by atoms with Crippen LogP contribution < -0.4 is 5.32 Å². The highest BCUT2D eigenvalue weighted by Crippen LogP contribution is 2.26. The van der Waals surface area contributed by atoms with Crippen LogP contribution in [0.15, 0.2) is 32.1 Å². The summed E-state index contributed by atoms with van der Waals surface area (Å²) >= 11 is 6.83. The molecule has 0 saturated heterocycles. The number of ether oxygens (including phenoxy) is 1. The number of anilines is 1. The normalized spacial score (nSPS) is 14.4. The number of guanidine groups is 1. The quantitative estimate of drug-likeness (QED) is 0.819. The van der Waals surface area contributed by atoms with Crippen LogP contribution in [-0.4, -0.2) is 37.2 Å². The van der Waals surface area contributed by atoms with Crippen molar-refractivity contribution in [3.8, 4) is 0 Å². The Morgan fingerprint density at radius 3 is 2.94 bits per heavy atom. The molecule has 2 rings (SSSR count). The number of amides is 1. The lowest BCUT2D eigenvalue weighted by Gasteiger charge is -2.18. The van der Waals surface area contributed by atoms with Crippen molar-refractivity contribution in [2.24, 2.45) is 4.99 Å². The Kier molecular flexibility index (Phi) is 4.23. The molecular weight excluding hydrogens is 366 g/mol. The predicted octanol–water partition coefficient (Wildman–Crippen LogP) is 3.06. The molecule has 0 unspecified atom stereocenters. The fraction of sp³-hybridized carbons (Fsp3) is 0.273. The van der Waals surface area contributed by atoms with Gasteiger partial charge in [-0.15, -0.1) is 0 Å². The number of rotatable bonds is 1. The van der Waals surface area contributed by atoms with Gasteiger partial charge in [-0.05, 0) is 34.1 Å². The maximum absolute atomic E-state index is 11.5. The largest absolute Gasteiger partial charge is 0.452 e. The molecule has 0 radical (unpaired) electrons. The molecule has 0 atom stereocenters. The van der Waals surface area contributed by atoms with Gasteiger partial charge in [0.2, 0.25) is 5.96 Å². The number of hydrogen-bond donors (Lipinski definition) is 1. The maximum atomic E-state index is 11.5. The molecule has 1 heterocycles. The number of methoxy groups -OCH3 is 1. The van der Waals surface area contributed by atoms with Crippen LogP contribution in [0.3, 0.4) is 0 Å². The van der Waals surface area contributed by atoms with E-state index in [4.69, 9.17) is 4.74 Å². The van der Waals surface area contributed by atoms with Gasteiger partial charge in [-0.25, -0.2) is 9.69 Å². The van der Waals surface area contributed by atoms with E-state index in [1.54, 1.807) is 0 Å². The third-order valence-electron chi connectivity index (χ3n) is 2.41. The van der Waals surface area contributed by atoms with Crippen molar-refractivity contribution >= 4 is 49.6 Å². The van der Waals surface area contributed by atoms with Crippen molar-refractivity contribution in [3.63, 3.8) is 0 Å². The van der Waals surface area contributed by atoms with E-state index in [-0.39, 0.29) is 0 Å². The Hall–Kier alpha value is -1.08. The second kappa shape index (κ2) is 5.71. The first kappa shape index (κ1) is 13.4. The summed E-state index contributed by atoms with van der Waals surface area (Å²) in [7, 11) is 1.35. The van der Waals surface area contributed by atoms with Gasteiger partial charge in [0.25, 0.3) is 0 Å². The monoisotopic (exact) mass is 375 g/mol. The minimum atomic E-state index is -0.410. The molecular formula is C11H11Br2N3O2. The Morgan fingerprint density at radius 1 is 1.50 bits per heavy atom. The van der Waals surface area contributed by atoms with E-state index in [9.17, 15) is 4.79 Å². The van der Waals surface area contributed by atoms with E-state index in [0.29, 0.717) is 19.0 Å². The summed E-state index contributed by atoms with van der Waals surface area (Å²) in [6.45, 7) is 1.11. The molecule has 0 aliphatic carbocycles. The van der Waals surface area contributed by atoms with Crippen LogP contribution in [0.5, 0.6) is 0 Å². The number of carbonyl (C=O) groups is 1. The van der Waals surface area contributed by atoms with E-state index >= 15 is 0 Å². The van der Waals surface area contributed by atoms with E-state index in [0.717, 1.165) is 14.6 Å². The number of halogens is 2. The van der Waals surface area contributed by atoms with Gasteiger partial charge in [0.15, 0.2) is 0 Å². The van der Waals surface area contributed by atoms with E-state index in [1.807, 2.05) is 18.2 Å². The zero-order valence-corrected chi connectivity index (χ0v) is 12.8. The lowest BCUT2D eigenvalue weighted by Crippen LogP contribution is -2.38. The molecule has 18 heavy (non-hydrogen) atoms. The van der Waals surface area contributed by atoms with Gasteiger partial charge >= 0.3 is 6.09 Å². The second-order valence-corrected chi connectivity index (χ2v) is 5.35. The first-order chi connectivity index (χ1) is 8.61. The van der Waals surface area contributed by atoms with Crippen molar-refractivity contribution in [2.75, 3.05) is 25.5 Å². The average Bonchev–Trinajstić information content (AvgIpc) is 2.80. The van der Waals surface area contributed by atoms with Crippen LogP contribution in [-0.2, 0) is 4.74 Å². The van der Waals surface area contributed by atoms with Gasteiger partial charge in [0, 0.05) is 8.95 Å². The summed E-state index contributed by atoms with van der Waals surface area (Å²) in [5, 5.41) is 3.11. The Morgan fingerprint density at radius 2 is 2.28 bits per heavy atom. The summed E-state index contributed by atoms with van der Waals surface area (Å²) in [6.07, 6.45) is -0.410. The fourth-order valence-electron chi connectivity index (χ4n) is 1.55. The van der Waals surface area contributed by atoms with Crippen molar-refractivity contribution in [1.29, 1.82) is 0 Å². The van der Waals surface area contributed by atoms with Crippen LogP contribution in [0.25, 0.3) is 0 Å². The summed E-state index contributed by atoms with van der Waals surface area (Å²) < 4.78 is 6.55. The summed E-state index contributed by atoms with van der Waals surface area (Å²) in [6, 6.07) is 5.72. The zero-order chi connectivity index (χ0) is 13.1. The molecule has 1 aliphatic rings. The molecule has 1 aliphatic heterocycles. The van der Waals surface area contributed by atoms with Crippen molar-refractivity contribution < 1.29 is 9.53 Å². The smallest absolute Gasteiger partial charge is 0.416 e. The van der Waals surface area contributed by atoms with Crippen LogP contribution in [0, 0.1) is 0 Å². The number of carbonyl (C=O) groups excluding carboxylic acids is 1. The predicted molar refractivity (Wildman–Crippen MR) is 76.9 cm³/mol. The summed E-state index contributed by atoms with van der Waals surface area (Å²) in [5.41, 5.74) is 0.841. The van der Waals surface area contributed by atoms with Crippen LogP contribution in [0.1, 0.15) is 0 Å². The molecule has 96 valence electrons. The minimum absolute atomic E-state index is 0.410. The van der Waals surface area contributed by atoms with E-state index in [1.165, 1.54) is 12.0 Å². The first-order valence-corrected chi connectivity index (χ1v) is 6.82. The third kappa shape index (κ3) is 2.84. The van der Waals surface area contributed by atoms with Gasteiger partial charge in [0.05, 0.1) is 25.9 Å². The fourth-order valence-corrected chi connectivity index (χ4v) is 2.70. The highest BCUT2D eigenvalue weighted by atomic mass is 79.9. The summed E-state index contributed by atoms with van der Waals surface area (Å²) in [4.78, 5) is 17.2. The van der Waals surface area contributed by atoms with Gasteiger partial charge in [0.1, 0.15) is 0 Å². The Bertz CT molecular complexity index is 505. The third-order valence-corrected chi connectivity index (χ3v) is 3.56. The summed E-state index contributed by atoms with van der Waals surface area (Å²) in [5.74, 6) is 0.505. The lowest BCUT2D eigenvalue weighted by atomic mass is 10.3. The molecule has 5 nitrogen and oxygen atoms in total. The standard InChI is InChI=1S/C11H11Br2N3O2/c1-18-11(17)16-5-4-14-10(16)15-9-3-2-7(12)6-8(9)13/h2-3,6H,4-5H2,1H3,(H,14,15). The molecule has 0 aromatic heterocycles. The Labute approximate surface area is 121 Å². The van der Waals surface area contributed by atoms with Crippen molar-refractivity contribution in [1.82, 2.24) is 4.90 Å². The number of benzene rings is 1. The highest BCUT2D eigenvalue weighted by Gasteiger charge is 2.24. The molecule has 0 saturated carbocycles. The molecule has 7 heteroatoms. The average molecular weight is 377 g/mol. The molecule has 0 fully saturated rings. The van der Waals surface area contributed by atoms with Gasteiger partial charge in [-0.3, -0.25) is 4.99 Å². The van der Waals surface area contributed by atoms with Crippen LogP contribution in [0.4, 0.5) is 10.5 Å². The SMILES string of the molecule is COC(=O)N1CCN=C1Nc1ccc(Br)cc1Br. The highest BCUT2D eigenvalue weighted by molar-refractivity contribution is 9.11. The van der Waals surface area contributed by atoms with Crippen LogP contribution >= 0.6 is 31.9 Å². The number of hydrogen-bond acceptors (Lipinski definition) is 4. The van der Waals surface area contributed by atoms with Crippen LogP contribution in [0.2, 0.25) is 0 Å². The minimum Gasteiger partial charge on any atom is -0.452 e. The number of aliphatic imine (C=N–C) groups is 1. The number of nitrogens with one attached hydrogen (secondary N) is 1. The first-order valence-electron chi connectivity index (χ1n) is 5.24. The van der Waals surface area contributed by atoms with Gasteiger partial charge in [-0.2, -0.15) is 0 Å². The van der Waals surface area contributed by atoms with Gasteiger partial charge < -0.3 is 10.1 Å². The van der Waals surface area contributed by atoms with Crippen molar-refractivity contribution in [2.45, 2.75) is 0 Å². The zero-order valence-electron chi connectivity index (χ0n) is 9.61. The molecule has 1 amide bonds. The second-order valence-electron chi connectivity index (χ2n) is 3.58. The molecule has 1 aromatic rings. The molecule has 1 aromatic carbocycles.